The fraction of sp³-hybridized carbons (Fsp3) is 0.267. The summed E-state index contributed by atoms with van der Waals surface area (Å²) in [4.78, 5) is 11.9. The monoisotopic (exact) mass is 358 g/mol. The Kier molecular flexibility index (Phi) is 9.17. The molecule has 0 unspecified atom stereocenters. The Balaban J connectivity index is 0.00000242. The highest BCUT2D eigenvalue weighted by Gasteiger charge is 2.17. The number of anilines is 1. The van der Waals surface area contributed by atoms with Gasteiger partial charge in [-0.25, -0.2) is 0 Å². The third-order valence-electron chi connectivity index (χ3n) is 2.89. The molecule has 23 heavy (non-hydrogen) atoms. The second-order valence-corrected chi connectivity index (χ2v) is 4.95. The van der Waals surface area contributed by atoms with Gasteiger partial charge >= 0.3 is 0 Å². The normalized spacial score (nSPS) is 11.0. The number of aromatic nitrogens is 2. The van der Waals surface area contributed by atoms with E-state index in [9.17, 15) is 4.79 Å². The van der Waals surface area contributed by atoms with Crippen molar-refractivity contribution in [2.24, 2.45) is 11.7 Å². The first-order valence-corrected chi connectivity index (χ1v) is 6.68. The summed E-state index contributed by atoms with van der Waals surface area (Å²) >= 11 is 0. The molecule has 0 saturated carbocycles. The first kappa shape index (κ1) is 21.1. The van der Waals surface area contributed by atoms with Crippen LogP contribution in [0.2, 0.25) is 0 Å². The number of rotatable bonds is 5. The van der Waals surface area contributed by atoms with E-state index < -0.39 is 6.04 Å². The Hall–Kier alpha value is -1.89. The molecule has 2 rings (SSSR count). The van der Waals surface area contributed by atoms with Crippen LogP contribution in [0.1, 0.15) is 13.8 Å². The molecule has 0 radical (unpaired) electrons. The Bertz CT molecular complexity index is 611. The van der Waals surface area contributed by atoms with Crippen molar-refractivity contribution < 1.29 is 9.53 Å². The number of benzene rings is 1. The molecule has 0 saturated heterocycles. The molecule has 8 heteroatoms. The van der Waals surface area contributed by atoms with Gasteiger partial charge in [0.05, 0.1) is 6.04 Å². The van der Waals surface area contributed by atoms with Gasteiger partial charge in [0.25, 0.3) is 0 Å². The van der Waals surface area contributed by atoms with Gasteiger partial charge in [-0.05, 0) is 24.1 Å². The van der Waals surface area contributed by atoms with Gasteiger partial charge in [-0.3, -0.25) is 4.79 Å². The molecule has 6 nitrogen and oxygen atoms in total. The molecule has 3 N–H and O–H groups in total. The fourth-order valence-electron chi connectivity index (χ4n) is 1.63. The maximum Gasteiger partial charge on any atom is 0.241 e. The van der Waals surface area contributed by atoms with Gasteiger partial charge in [0, 0.05) is 24.0 Å². The summed E-state index contributed by atoms with van der Waals surface area (Å²) in [6, 6.07) is 9.92. The number of hydrogen-bond acceptors (Lipinski definition) is 5. The van der Waals surface area contributed by atoms with Crippen molar-refractivity contribution in [3.8, 4) is 11.6 Å². The van der Waals surface area contributed by atoms with Crippen LogP contribution in [0.3, 0.4) is 0 Å². The van der Waals surface area contributed by atoms with Crippen molar-refractivity contribution in [2.45, 2.75) is 19.9 Å². The van der Waals surface area contributed by atoms with Gasteiger partial charge < -0.3 is 15.8 Å². The minimum Gasteiger partial charge on any atom is -0.437 e. The molecule has 1 atom stereocenters. The number of nitrogens with one attached hydrogen (secondary N) is 1. The van der Waals surface area contributed by atoms with Crippen molar-refractivity contribution in [1.82, 2.24) is 10.2 Å². The molecule has 2 aromatic rings. The Morgan fingerprint density at radius 3 is 2.57 bits per heavy atom. The molecule has 1 heterocycles. The zero-order valence-corrected chi connectivity index (χ0v) is 14.4. The maximum absolute atomic E-state index is 11.9. The van der Waals surface area contributed by atoms with Gasteiger partial charge in [0.15, 0.2) is 0 Å². The molecule has 1 aromatic carbocycles. The second kappa shape index (κ2) is 9.99. The molecular weight excluding hydrogens is 339 g/mol. The number of carbonyl (C=O) groups is 1. The van der Waals surface area contributed by atoms with E-state index in [0.717, 1.165) is 0 Å². The predicted octanol–water partition coefficient (Wildman–Crippen LogP) is 3.03. The second-order valence-electron chi connectivity index (χ2n) is 4.95. The molecule has 126 valence electrons. The lowest BCUT2D eigenvalue weighted by Crippen LogP contribution is -2.39. The lowest BCUT2D eigenvalue weighted by atomic mass is 10.0. The number of halogens is 2. The van der Waals surface area contributed by atoms with Gasteiger partial charge in [-0.2, -0.15) is 5.10 Å². The third-order valence-corrected chi connectivity index (χ3v) is 2.89. The van der Waals surface area contributed by atoms with E-state index >= 15 is 0 Å². The van der Waals surface area contributed by atoms with E-state index in [-0.39, 0.29) is 36.6 Å². The number of amides is 1. The van der Waals surface area contributed by atoms with Gasteiger partial charge in [0.1, 0.15) is 5.75 Å². The molecule has 0 fully saturated rings. The predicted molar refractivity (Wildman–Crippen MR) is 94.5 cm³/mol. The summed E-state index contributed by atoms with van der Waals surface area (Å²) in [7, 11) is 0. The maximum atomic E-state index is 11.9. The summed E-state index contributed by atoms with van der Waals surface area (Å²) < 4.78 is 5.55. The molecule has 1 aromatic heterocycles. The minimum absolute atomic E-state index is 0. The van der Waals surface area contributed by atoms with E-state index in [1.165, 1.54) is 0 Å². The molecule has 0 aliphatic rings. The summed E-state index contributed by atoms with van der Waals surface area (Å²) in [5, 5.41) is 10.3. The van der Waals surface area contributed by atoms with Crippen LogP contribution >= 0.6 is 24.8 Å². The highest BCUT2D eigenvalue weighted by molar-refractivity contribution is 5.95. The molecule has 1 amide bonds. The van der Waals surface area contributed by atoms with Gasteiger partial charge in [-0.15, -0.1) is 29.9 Å². The smallest absolute Gasteiger partial charge is 0.241 e. The largest absolute Gasteiger partial charge is 0.437 e. The van der Waals surface area contributed by atoms with E-state index in [0.29, 0.717) is 17.3 Å². The van der Waals surface area contributed by atoms with Crippen molar-refractivity contribution >= 4 is 36.4 Å². The Morgan fingerprint density at radius 1 is 1.22 bits per heavy atom. The van der Waals surface area contributed by atoms with Crippen LogP contribution in [-0.4, -0.2) is 22.1 Å². The quantitative estimate of drug-likeness (QED) is 0.856. The first-order chi connectivity index (χ1) is 10.1. The van der Waals surface area contributed by atoms with E-state index in [2.05, 4.69) is 15.5 Å². The highest BCUT2D eigenvalue weighted by atomic mass is 35.5. The van der Waals surface area contributed by atoms with E-state index in [1.54, 1.807) is 42.6 Å². The number of carbonyl (C=O) groups excluding carboxylic acids is 1. The van der Waals surface area contributed by atoms with E-state index in [4.69, 9.17) is 10.5 Å². The van der Waals surface area contributed by atoms with Crippen LogP contribution in [-0.2, 0) is 4.79 Å². The van der Waals surface area contributed by atoms with Crippen LogP contribution in [0, 0.1) is 5.92 Å². The van der Waals surface area contributed by atoms with Crippen molar-refractivity contribution in [3.63, 3.8) is 0 Å². The first-order valence-electron chi connectivity index (χ1n) is 6.68. The standard InChI is InChI=1S/C15H18N4O2.2ClH/c1-10(2)14(16)15(20)18-11-5-3-6-12(9-11)21-13-7-4-8-17-19-13;;/h3-10,14H,16H2,1-2H3,(H,18,20);2*1H/t14-;;/m0../s1. The Labute approximate surface area is 147 Å². The fourth-order valence-corrected chi connectivity index (χ4v) is 1.63. The molecule has 0 aliphatic heterocycles. The Morgan fingerprint density at radius 2 is 1.96 bits per heavy atom. The lowest BCUT2D eigenvalue weighted by Gasteiger charge is -2.15. The van der Waals surface area contributed by atoms with E-state index in [1.807, 2.05) is 13.8 Å². The molecular formula is C15H20Cl2N4O2. The number of nitrogens with two attached hydrogens (primary N) is 1. The van der Waals surface area contributed by atoms with Crippen LogP contribution in [0.5, 0.6) is 11.6 Å². The number of nitrogens with zero attached hydrogens (tertiary/aromatic N) is 2. The van der Waals surface area contributed by atoms with Crippen LogP contribution in [0.4, 0.5) is 5.69 Å². The topological polar surface area (TPSA) is 90.1 Å². The van der Waals surface area contributed by atoms with Crippen molar-refractivity contribution in [3.05, 3.63) is 42.6 Å². The average Bonchev–Trinajstić information content (AvgIpc) is 2.47. The molecule has 0 bridgehead atoms. The SMILES string of the molecule is CC(C)[C@H](N)C(=O)Nc1cccc(Oc2cccnn2)c1.Cl.Cl. The highest BCUT2D eigenvalue weighted by Crippen LogP contribution is 2.22. The summed E-state index contributed by atoms with van der Waals surface area (Å²) in [5.41, 5.74) is 6.43. The van der Waals surface area contributed by atoms with Crippen molar-refractivity contribution in [1.29, 1.82) is 0 Å². The van der Waals surface area contributed by atoms with Crippen LogP contribution in [0.25, 0.3) is 0 Å². The number of hydrogen-bond donors (Lipinski definition) is 2. The zero-order valence-electron chi connectivity index (χ0n) is 12.8. The van der Waals surface area contributed by atoms with Crippen LogP contribution in [0.15, 0.2) is 42.6 Å². The van der Waals surface area contributed by atoms with Crippen molar-refractivity contribution in [2.75, 3.05) is 5.32 Å². The summed E-state index contributed by atoms with van der Waals surface area (Å²) in [6.45, 7) is 3.80. The number of ether oxygens (including phenoxy) is 1. The summed E-state index contributed by atoms with van der Waals surface area (Å²) in [5.74, 6) is 0.803. The zero-order chi connectivity index (χ0) is 15.2. The third kappa shape index (κ3) is 6.40. The van der Waals surface area contributed by atoms with Gasteiger partial charge in [0.2, 0.25) is 11.8 Å². The summed E-state index contributed by atoms with van der Waals surface area (Å²) in [6.07, 6.45) is 1.57. The molecule has 0 aliphatic carbocycles. The van der Waals surface area contributed by atoms with Gasteiger partial charge in [-0.1, -0.05) is 19.9 Å². The minimum atomic E-state index is -0.547. The lowest BCUT2D eigenvalue weighted by molar-refractivity contribution is -0.118. The van der Waals surface area contributed by atoms with Crippen LogP contribution < -0.4 is 15.8 Å². The average molecular weight is 359 g/mol. The molecule has 0 spiro atoms.